The average molecular weight is 390 g/mol. The van der Waals surface area contributed by atoms with Crippen molar-refractivity contribution in [1.82, 2.24) is 9.71 Å². The molecule has 2 heterocycles. The Morgan fingerprint density at radius 1 is 1.22 bits per heavy atom. The molecule has 0 aliphatic carbocycles. The molecule has 1 aliphatic heterocycles. The van der Waals surface area contributed by atoms with Gasteiger partial charge >= 0.3 is 5.97 Å². The predicted octanol–water partition coefficient (Wildman–Crippen LogP) is 1.28. The van der Waals surface area contributed by atoms with Crippen molar-refractivity contribution in [2.24, 2.45) is 4.99 Å². The van der Waals surface area contributed by atoms with Crippen LogP contribution in [0, 0.1) is 0 Å². The van der Waals surface area contributed by atoms with Crippen LogP contribution >= 0.6 is 0 Å². The summed E-state index contributed by atoms with van der Waals surface area (Å²) in [6.45, 7) is 0.110. The summed E-state index contributed by atoms with van der Waals surface area (Å²) in [6.07, 6.45) is 2.96. The lowest BCUT2D eigenvalue weighted by atomic mass is 10.3. The zero-order valence-electron chi connectivity index (χ0n) is 14.3. The Hall–Kier alpha value is -3.14. The van der Waals surface area contributed by atoms with E-state index < -0.39 is 28.5 Å². The maximum Gasteiger partial charge on any atom is 0.355 e. The highest BCUT2D eigenvalue weighted by molar-refractivity contribution is 7.90. The van der Waals surface area contributed by atoms with Gasteiger partial charge in [0.15, 0.2) is 6.61 Å². The zero-order chi connectivity index (χ0) is 19.3. The van der Waals surface area contributed by atoms with E-state index in [0.29, 0.717) is 18.8 Å². The van der Waals surface area contributed by atoms with E-state index in [4.69, 9.17) is 4.74 Å². The lowest BCUT2D eigenvalue weighted by Gasteiger charge is -2.10. The number of benzene rings is 1. The number of amidine groups is 1. The first-order chi connectivity index (χ1) is 12.9. The molecule has 0 unspecified atom stereocenters. The van der Waals surface area contributed by atoms with Gasteiger partial charge in [0, 0.05) is 24.8 Å². The molecule has 10 heteroatoms. The topological polar surface area (TPSA) is 130 Å². The van der Waals surface area contributed by atoms with Crippen LogP contribution in [0.25, 0.3) is 0 Å². The fourth-order valence-electron chi connectivity index (χ4n) is 2.44. The van der Waals surface area contributed by atoms with Crippen molar-refractivity contribution in [2.75, 3.05) is 18.5 Å². The van der Waals surface area contributed by atoms with E-state index in [1.807, 2.05) is 0 Å². The van der Waals surface area contributed by atoms with Crippen LogP contribution < -0.4 is 10.0 Å². The Bertz CT molecular complexity index is 967. The Kier molecular flexibility index (Phi) is 5.55. The molecule has 0 radical (unpaired) electrons. The van der Waals surface area contributed by atoms with Crippen LogP contribution in [0.2, 0.25) is 0 Å². The van der Waals surface area contributed by atoms with E-state index in [9.17, 15) is 18.0 Å². The van der Waals surface area contributed by atoms with E-state index in [0.717, 1.165) is 6.42 Å². The number of carbonyl (C=O) groups is 2. The Morgan fingerprint density at radius 2 is 2.07 bits per heavy atom. The van der Waals surface area contributed by atoms with Crippen LogP contribution in [-0.4, -0.2) is 44.3 Å². The number of H-pyrrole nitrogens is 1. The second-order valence-corrected chi connectivity index (χ2v) is 7.46. The molecule has 27 heavy (non-hydrogen) atoms. The lowest BCUT2D eigenvalue weighted by Crippen LogP contribution is -2.29. The van der Waals surface area contributed by atoms with Gasteiger partial charge in [0.2, 0.25) is 0 Å². The van der Waals surface area contributed by atoms with E-state index in [1.54, 1.807) is 12.3 Å². The van der Waals surface area contributed by atoms with Crippen molar-refractivity contribution in [2.45, 2.75) is 17.7 Å². The first-order valence-electron chi connectivity index (χ1n) is 8.20. The Morgan fingerprint density at radius 3 is 2.78 bits per heavy atom. The fraction of sp³-hybridized carbons (Fsp3) is 0.235. The minimum absolute atomic E-state index is 0.00159. The lowest BCUT2D eigenvalue weighted by molar-refractivity contribution is -0.119. The van der Waals surface area contributed by atoms with Gasteiger partial charge in [-0.15, -0.1) is 0 Å². The molecule has 0 fully saturated rings. The monoisotopic (exact) mass is 390 g/mol. The summed E-state index contributed by atoms with van der Waals surface area (Å²) in [4.78, 5) is 30.4. The number of aromatic nitrogens is 1. The molecule has 3 rings (SSSR count). The third-order valence-corrected chi connectivity index (χ3v) is 5.09. The summed E-state index contributed by atoms with van der Waals surface area (Å²) in [6, 6.07) is 8.94. The number of anilines is 1. The number of hydrogen-bond donors (Lipinski definition) is 3. The van der Waals surface area contributed by atoms with Gasteiger partial charge in [0.05, 0.1) is 4.90 Å². The van der Waals surface area contributed by atoms with Crippen molar-refractivity contribution in [1.29, 1.82) is 0 Å². The number of esters is 1. The van der Waals surface area contributed by atoms with Crippen LogP contribution in [0.5, 0.6) is 0 Å². The minimum Gasteiger partial charge on any atom is -0.451 e. The normalized spacial score (nSPS) is 13.7. The number of amides is 1. The number of ether oxygens (including phenoxy) is 1. The maximum atomic E-state index is 12.4. The van der Waals surface area contributed by atoms with Crippen LogP contribution in [0.3, 0.4) is 0 Å². The molecular weight excluding hydrogens is 372 g/mol. The first-order valence-corrected chi connectivity index (χ1v) is 9.69. The number of aromatic amines is 1. The van der Waals surface area contributed by atoms with Gasteiger partial charge < -0.3 is 15.0 Å². The SMILES string of the molecule is O=C(COC(=O)c1ccc[nH]1)Nc1cccc(S(=O)(=O)NC2=NCCC2)c1. The number of aliphatic imine (C=N–C) groups is 1. The molecule has 1 aromatic heterocycles. The molecule has 1 aliphatic rings. The van der Waals surface area contributed by atoms with Gasteiger partial charge in [0.25, 0.3) is 15.9 Å². The average Bonchev–Trinajstić information content (AvgIpc) is 3.33. The smallest absolute Gasteiger partial charge is 0.355 e. The molecule has 0 spiro atoms. The summed E-state index contributed by atoms with van der Waals surface area (Å²) in [5.74, 6) is -0.814. The number of nitrogens with one attached hydrogen (secondary N) is 3. The van der Waals surface area contributed by atoms with Gasteiger partial charge in [-0.1, -0.05) is 6.07 Å². The molecule has 2 aromatic rings. The fourth-order valence-corrected chi connectivity index (χ4v) is 3.58. The highest BCUT2D eigenvalue weighted by Crippen LogP contribution is 2.16. The summed E-state index contributed by atoms with van der Waals surface area (Å²) < 4.78 is 32.1. The van der Waals surface area contributed by atoms with E-state index in [-0.39, 0.29) is 16.3 Å². The van der Waals surface area contributed by atoms with Gasteiger partial charge in [-0.25, -0.2) is 13.2 Å². The quantitative estimate of drug-likeness (QED) is 0.640. The Balaban J connectivity index is 1.59. The summed E-state index contributed by atoms with van der Waals surface area (Å²) in [5, 5.41) is 2.50. The number of carbonyl (C=O) groups excluding carboxylic acids is 2. The molecule has 1 amide bonds. The van der Waals surface area contributed by atoms with E-state index in [1.165, 1.54) is 30.3 Å². The molecule has 0 saturated carbocycles. The molecule has 1 aromatic carbocycles. The minimum atomic E-state index is -3.78. The van der Waals surface area contributed by atoms with Crippen molar-refractivity contribution in [3.8, 4) is 0 Å². The van der Waals surface area contributed by atoms with Crippen LogP contribution in [0.15, 0.2) is 52.5 Å². The highest BCUT2D eigenvalue weighted by Gasteiger charge is 2.19. The number of rotatable bonds is 6. The highest BCUT2D eigenvalue weighted by atomic mass is 32.2. The van der Waals surface area contributed by atoms with Crippen LogP contribution in [0.1, 0.15) is 23.3 Å². The number of sulfonamides is 1. The molecule has 0 saturated heterocycles. The van der Waals surface area contributed by atoms with Crippen molar-refractivity contribution in [3.05, 3.63) is 48.3 Å². The van der Waals surface area contributed by atoms with E-state index >= 15 is 0 Å². The number of hydrogen-bond acceptors (Lipinski definition) is 6. The third-order valence-electron chi connectivity index (χ3n) is 3.71. The van der Waals surface area contributed by atoms with E-state index in [2.05, 4.69) is 20.0 Å². The molecular formula is C17H18N4O5S. The summed E-state index contributed by atoms with van der Waals surface area (Å²) in [7, 11) is -3.78. The maximum absolute atomic E-state index is 12.4. The van der Waals surface area contributed by atoms with Crippen molar-refractivity contribution >= 4 is 33.4 Å². The molecule has 142 valence electrons. The van der Waals surface area contributed by atoms with Crippen LogP contribution in [0.4, 0.5) is 5.69 Å². The predicted molar refractivity (Wildman–Crippen MR) is 98.0 cm³/mol. The second kappa shape index (κ2) is 8.04. The first kappa shape index (κ1) is 18.6. The van der Waals surface area contributed by atoms with Gasteiger partial charge in [-0.3, -0.25) is 14.5 Å². The van der Waals surface area contributed by atoms with Gasteiger partial charge in [-0.2, -0.15) is 0 Å². The number of nitrogens with zero attached hydrogens (tertiary/aromatic N) is 1. The van der Waals surface area contributed by atoms with Crippen molar-refractivity contribution in [3.63, 3.8) is 0 Å². The standard InChI is InChI=1S/C17H18N4O5S/c22-16(11-26-17(23)14-6-2-8-18-14)20-12-4-1-5-13(10-12)27(24,25)21-15-7-3-9-19-15/h1-2,4-6,8,10,18H,3,7,9,11H2,(H,19,21)(H,20,22). The van der Waals surface area contributed by atoms with Crippen LogP contribution in [-0.2, 0) is 19.6 Å². The third kappa shape index (κ3) is 4.94. The zero-order valence-corrected chi connectivity index (χ0v) is 15.1. The molecule has 0 atom stereocenters. The second-order valence-electron chi connectivity index (χ2n) is 5.77. The van der Waals surface area contributed by atoms with Gasteiger partial charge in [-0.05, 0) is 36.8 Å². The summed E-state index contributed by atoms with van der Waals surface area (Å²) >= 11 is 0. The molecule has 0 bridgehead atoms. The molecule has 3 N–H and O–H groups in total. The van der Waals surface area contributed by atoms with Crippen molar-refractivity contribution < 1.29 is 22.7 Å². The van der Waals surface area contributed by atoms with Gasteiger partial charge in [0.1, 0.15) is 11.5 Å². The Labute approximate surface area is 155 Å². The largest absolute Gasteiger partial charge is 0.451 e. The molecule has 9 nitrogen and oxygen atoms in total. The summed E-state index contributed by atoms with van der Waals surface area (Å²) in [5.41, 5.74) is 0.504.